The van der Waals surface area contributed by atoms with Crippen molar-refractivity contribution in [2.24, 2.45) is 10.9 Å². The second kappa shape index (κ2) is 11.9. The molecule has 27 heavy (non-hydrogen) atoms. The van der Waals surface area contributed by atoms with Gasteiger partial charge in [-0.3, -0.25) is 4.99 Å². The Morgan fingerprint density at radius 1 is 1.30 bits per heavy atom. The molecule has 154 valence electrons. The van der Waals surface area contributed by atoms with Crippen LogP contribution in [0.1, 0.15) is 32.8 Å². The highest BCUT2D eigenvalue weighted by Gasteiger charge is 2.26. The monoisotopic (exact) mass is 488 g/mol. The number of likely N-dealkylation sites (N-methyl/N-ethyl adjacent to an activating group) is 1. The van der Waals surface area contributed by atoms with Gasteiger partial charge in [0.15, 0.2) is 5.96 Å². The highest BCUT2D eigenvalue weighted by Crippen LogP contribution is 2.18. The zero-order valence-corrected chi connectivity index (χ0v) is 19.9. The van der Waals surface area contributed by atoms with E-state index < -0.39 is 0 Å². The van der Waals surface area contributed by atoms with Gasteiger partial charge in [0, 0.05) is 31.1 Å². The number of nitrogens with zero attached hydrogens (tertiary/aromatic N) is 3. The second-order valence-electron chi connectivity index (χ2n) is 7.98. The summed E-state index contributed by atoms with van der Waals surface area (Å²) >= 11 is 0. The number of halogens is 1. The smallest absolute Gasteiger partial charge is 0.193 e. The van der Waals surface area contributed by atoms with Crippen LogP contribution in [0.3, 0.4) is 0 Å². The molecule has 1 heterocycles. The predicted molar refractivity (Wildman–Crippen MR) is 125 cm³/mol. The molecule has 1 unspecified atom stereocenters. The summed E-state index contributed by atoms with van der Waals surface area (Å²) in [6, 6.07) is 10.4. The minimum absolute atomic E-state index is 0. The summed E-state index contributed by atoms with van der Waals surface area (Å²) in [6.45, 7) is 11.8. The number of aliphatic imine (C=N–C) groups is 1. The van der Waals surface area contributed by atoms with Gasteiger partial charge in [0.05, 0.1) is 19.8 Å². The molecule has 0 aromatic heterocycles. The Hall–Kier alpha value is -0.860. The summed E-state index contributed by atoms with van der Waals surface area (Å²) in [4.78, 5) is 9.51. The van der Waals surface area contributed by atoms with Crippen molar-refractivity contribution in [3.05, 3.63) is 35.9 Å². The quantitative estimate of drug-likeness (QED) is 0.346. The van der Waals surface area contributed by atoms with Gasteiger partial charge in [0.2, 0.25) is 0 Å². The molecule has 5 nitrogen and oxygen atoms in total. The average Bonchev–Trinajstić information content (AvgIpc) is 3.08. The summed E-state index contributed by atoms with van der Waals surface area (Å²) < 4.78 is 5.94. The SMILES string of the molecule is CCNC(=NCC(C)(C)N(C)C)N1CCC(COCc2ccccc2)C1.I. The summed E-state index contributed by atoms with van der Waals surface area (Å²) in [6.07, 6.45) is 1.16. The molecule has 1 atom stereocenters. The first-order valence-corrected chi connectivity index (χ1v) is 9.74. The molecule has 0 saturated carbocycles. The second-order valence-corrected chi connectivity index (χ2v) is 7.98. The zero-order chi connectivity index (χ0) is 19.0. The Morgan fingerprint density at radius 3 is 2.63 bits per heavy atom. The van der Waals surface area contributed by atoms with E-state index >= 15 is 0 Å². The van der Waals surface area contributed by atoms with Crippen molar-refractivity contribution in [2.75, 3.05) is 46.9 Å². The third-order valence-corrected chi connectivity index (χ3v) is 5.21. The van der Waals surface area contributed by atoms with Crippen LogP contribution in [0.4, 0.5) is 0 Å². The van der Waals surface area contributed by atoms with Gasteiger partial charge in [-0.2, -0.15) is 0 Å². The van der Waals surface area contributed by atoms with Gasteiger partial charge < -0.3 is 19.9 Å². The highest BCUT2D eigenvalue weighted by molar-refractivity contribution is 14.0. The summed E-state index contributed by atoms with van der Waals surface area (Å²) in [7, 11) is 4.22. The van der Waals surface area contributed by atoms with Crippen molar-refractivity contribution >= 4 is 29.9 Å². The maximum Gasteiger partial charge on any atom is 0.193 e. The van der Waals surface area contributed by atoms with E-state index in [1.165, 1.54) is 5.56 Å². The maximum atomic E-state index is 5.94. The molecule has 6 heteroatoms. The molecular formula is C21H37IN4O. The fourth-order valence-electron chi connectivity index (χ4n) is 2.91. The Morgan fingerprint density at radius 2 is 2.00 bits per heavy atom. The van der Waals surface area contributed by atoms with Gasteiger partial charge in [-0.05, 0) is 46.9 Å². The van der Waals surface area contributed by atoms with Crippen molar-refractivity contribution in [1.29, 1.82) is 0 Å². The van der Waals surface area contributed by atoms with Crippen LogP contribution in [-0.4, -0.2) is 68.2 Å². The fourth-order valence-corrected chi connectivity index (χ4v) is 2.91. The van der Waals surface area contributed by atoms with E-state index in [9.17, 15) is 0 Å². The molecule has 0 bridgehead atoms. The Kier molecular flexibility index (Phi) is 10.6. The van der Waals surface area contributed by atoms with Crippen LogP contribution in [0.25, 0.3) is 0 Å². The molecule has 1 saturated heterocycles. The number of hydrogen-bond donors (Lipinski definition) is 1. The molecule has 1 aliphatic rings. The summed E-state index contributed by atoms with van der Waals surface area (Å²) in [5, 5.41) is 3.46. The lowest BCUT2D eigenvalue weighted by atomic mass is 10.1. The van der Waals surface area contributed by atoms with Crippen LogP contribution < -0.4 is 5.32 Å². The number of nitrogens with one attached hydrogen (secondary N) is 1. The first-order chi connectivity index (χ1) is 12.4. The predicted octanol–water partition coefficient (Wildman–Crippen LogP) is 3.45. The molecule has 1 fully saturated rings. The highest BCUT2D eigenvalue weighted by atomic mass is 127. The van der Waals surface area contributed by atoms with Crippen molar-refractivity contribution < 1.29 is 4.74 Å². The topological polar surface area (TPSA) is 40.1 Å². The summed E-state index contributed by atoms with van der Waals surface area (Å²) in [5.41, 5.74) is 1.29. The third kappa shape index (κ3) is 7.95. The van der Waals surface area contributed by atoms with Gasteiger partial charge in [0.1, 0.15) is 0 Å². The molecule has 1 N–H and O–H groups in total. The number of benzene rings is 1. The minimum Gasteiger partial charge on any atom is -0.376 e. The first kappa shape index (κ1) is 24.2. The molecule has 0 amide bonds. The van der Waals surface area contributed by atoms with Crippen LogP contribution in [0.5, 0.6) is 0 Å². The fraction of sp³-hybridized carbons (Fsp3) is 0.667. The van der Waals surface area contributed by atoms with E-state index in [-0.39, 0.29) is 29.5 Å². The molecule has 1 aromatic carbocycles. The number of hydrogen-bond acceptors (Lipinski definition) is 3. The van der Waals surface area contributed by atoms with E-state index in [4.69, 9.17) is 9.73 Å². The van der Waals surface area contributed by atoms with Crippen LogP contribution in [0.15, 0.2) is 35.3 Å². The van der Waals surface area contributed by atoms with Gasteiger partial charge >= 0.3 is 0 Å². The molecule has 1 aliphatic heterocycles. The van der Waals surface area contributed by atoms with Crippen LogP contribution >= 0.6 is 24.0 Å². The average molecular weight is 488 g/mol. The standard InChI is InChI=1S/C21H36N4O.HI/c1-6-22-20(23-17-21(2,3)24(4)5)25-13-12-19(14-25)16-26-15-18-10-8-7-9-11-18;/h7-11,19H,6,12-17H2,1-5H3,(H,22,23);1H. The van der Waals surface area contributed by atoms with E-state index in [2.05, 4.69) is 74.2 Å². The molecule has 0 spiro atoms. The zero-order valence-electron chi connectivity index (χ0n) is 17.6. The van der Waals surface area contributed by atoms with Gasteiger partial charge in [-0.25, -0.2) is 0 Å². The number of ether oxygens (including phenoxy) is 1. The molecule has 1 aromatic rings. The largest absolute Gasteiger partial charge is 0.376 e. The van der Waals surface area contributed by atoms with E-state index in [1.807, 2.05) is 6.07 Å². The third-order valence-electron chi connectivity index (χ3n) is 5.21. The van der Waals surface area contributed by atoms with Gasteiger partial charge in [0.25, 0.3) is 0 Å². The Bertz CT molecular complexity index is 563. The molecule has 0 aliphatic carbocycles. The lowest BCUT2D eigenvalue weighted by Crippen LogP contribution is -2.44. The van der Waals surface area contributed by atoms with Crippen LogP contribution in [-0.2, 0) is 11.3 Å². The molecule has 0 radical (unpaired) electrons. The normalized spacial score (nSPS) is 17.9. The van der Waals surface area contributed by atoms with Crippen molar-refractivity contribution in [3.63, 3.8) is 0 Å². The maximum absolute atomic E-state index is 5.94. The van der Waals surface area contributed by atoms with Crippen LogP contribution in [0, 0.1) is 5.92 Å². The number of rotatable bonds is 8. The Balaban J connectivity index is 0.00000364. The lowest BCUT2D eigenvalue weighted by Gasteiger charge is -2.32. The van der Waals surface area contributed by atoms with Crippen LogP contribution in [0.2, 0.25) is 0 Å². The summed E-state index contributed by atoms with van der Waals surface area (Å²) in [5.74, 6) is 1.61. The van der Waals surface area contributed by atoms with E-state index in [1.54, 1.807) is 0 Å². The first-order valence-electron chi connectivity index (χ1n) is 9.74. The van der Waals surface area contributed by atoms with E-state index in [0.29, 0.717) is 12.5 Å². The van der Waals surface area contributed by atoms with Gasteiger partial charge in [-0.1, -0.05) is 30.3 Å². The number of guanidine groups is 1. The van der Waals surface area contributed by atoms with Gasteiger partial charge in [-0.15, -0.1) is 24.0 Å². The molecule has 2 rings (SSSR count). The lowest BCUT2D eigenvalue weighted by molar-refractivity contribution is 0.0906. The van der Waals surface area contributed by atoms with E-state index in [0.717, 1.165) is 45.2 Å². The van der Waals surface area contributed by atoms with Crippen molar-refractivity contribution in [1.82, 2.24) is 15.1 Å². The minimum atomic E-state index is 0. The number of likely N-dealkylation sites (tertiary alicyclic amines) is 1. The Labute approximate surface area is 182 Å². The van der Waals surface area contributed by atoms with Crippen molar-refractivity contribution in [3.8, 4) is 0 Å². The van der Waals surface area contributed by atoms with Crippen molar-refractivity contribution in [2.45, 2.75) is 39.3 Å². The molecular weight excluding hydrogens is 451 g/mol.